The van der Waals surface area contributed by atoms with Crippen LogP contribution in [0.5, 0.6) is 5.88 Å². The first-order chi connectivity index (χ1) is 14.3. The van der Waals surface area contributed by atoms with Crippen molar-refractivity contribution in [3.05, 3.63) is 66.9 Å². The predicted molar refractivity (Wildman–Crippen MR) is 108 cm³/mol. The highest BCUT2D eigenvalue weighted by molar-refractivity contribution is 5.10. The average Bonchev–Trinajstić information content (AvgIpc) is 3.34. The second-order valence-corrected chi connectivity index (χ2v) is 8.20. The summed E-state index contributed by atoms with van der Waals surface area (Å²) in [5, 5.41) is 0. The molecular weight excluding hydrogens is 364 g/mol. The first-order valence-electron chi connectivity index (χ1n) is 10.3. The Kier molecular flexibility index (Phi) is 4.97. The lowest BCUT2D eigenvalue weighted by Crippen LogP contribution is -2.40. The second kappa shape index (κ2) is 7.91. The third-order valence-electron chi connectivity index (χ3n) is 6.32. The van der Waals surface area contributed by atoms with Gasteiger partial charge in [0, 0.05) is 56.8 Å². The molecule has 7 nitrogen and oxygen atoms in total. The molecule has 7 heteroatoms. The molecular formula is C22H26N6O. The van der Waals surface area contributed by atoms with Gasteiger partial charge in [0.2, 0.25) is 5.88 Å². The second-order valence-electron chi connectivity index (χ2n) is 8.20. The van der Waals surface area contributed by atoms with Crippen LogP contribution in [0.15, 0.2) is 55.5 Å². The minimum absolute atomic E-state index is 0.0687. The summed E-state index contributed by atoms with van der Waals surface area (Å²) in [5.41, 5.74) is 1.28. The van der Waals surface area contributed by atoms with Crippen LogP contribution < -0.4 is 4.74 Å². The van der Waals surface area contributed by atoms with Crippen molar-refractivity contribution in [2.45, 2.75) is 38.5 Å². The summed E-state index contributed by atoms with van der Waals surface area (Å²) >= 11 is 0. The number of nitrogens with zero attached hydrogens (tertiary/aromatic N) is 6. The maximum atomic E-state index is 6.36. The van der Waals surface area contributed by atoms with E-state index in [1.54, 1.807) is 18.6 Å². The molecule has 4 heterocycles. The fraction of sp³-hybridized carbons (Fsp3) is 0.455. The molecule has 0 radical (unpaired) electrons. The highest BCUT2D eigenvalue weighted by atomic mass is 16.5. The Balaban J connectivity index is 1.35. The van der Waals surface area contributed by atoms with E-state index in [9.17, 15) is 0 Å². The molecule has 0 spiro atoms. The number of imidazole rings is 1. The highest BCUT2D eigenvalue weighted by Crippen LogP contribution is 2.43. The van der Waals surface area contributed by atoms with Crippen molar-refractivity contribution in [3.63, 3.8) is 0 Å². The number of likely N-dealkylation sites (tertiary alicyclic amines) is 1. The van der Waals surface area contributed by atoms with E-state index in [1.165, 1.54) is 5.56 Å². The van der Waals surface area contributed by atoms with Gasteiger partial charge in [-0.15, -0.1) is 0 Å². The van der Waals surface area contributed by atoms with Gasteiger partial charge in [0.15, 0.2) is 0 Å². The first kappa shape index (κ1) is 18.2. The van der Waals surface area contributed by atoms with Gasteiger partial charge in [0.25, 0.3) is 0 Å². The predicted octanol–water partition coefficient (Wildman–Crippen LogP) is 2.91. The van der Waals surface area contributed by atoms with Gasteiger partial charge in [-0.05, 0) is 43.2 Å². The zero-order valence-electron chi connectivity index (χ0n) is 16.6. The van der Waals surface area contributed by atoms with E-state index in [1.807, 2.05) is 24.7 Å². The van der Waals surface area contributed by atoms with Gasteiger partial charge in [-0.3, -0.25) is 14.9 Å². The molecule has 0 bridgehead atoms. The largest absolute Gasteiger partial charge is 0.471 e. The van der Waals surface area contributed by atoms with Crippen LogP contribution in [0.3, 0.4) is 0 Å². The quantitative estimate of drug-likeness (QED) is 0.667. The lowest BCUT2D eigenvalue weighted by Gasteiger charge is -2.38. The number of aromatic nitrogens is 5. The van der Waals surface area contributed by atoms with Crippen molar-refractivity contribution in [2.24, 2.45) is 11.8 Å². The lowest BCUT2D eigenvalue weighted by molar-refractivity contribution is 0.0501. The maximum absolute atomic E-state index is 6.36. The van der Waals surface area contributed by atoms with E-state index in [4.69, 9.17) is 4.74 Å². The van der Waals surface area contributed by atoms with Crippen LogP contribution in [0, 0.1) is 18.8 Å². The third-order valence-corrected chi connectivity index (χ3v) is 6.32. The van der Waals surface area contributed by atoms with E-state index in [0.717, 1.165) is 38.3 Å². The van der Waals surface area contributed by atoms with E-state index in [2.05, 4.69) is 48.6 Å². The van der Waals surface area contributed by atoms with E-state index in [0.29, 0.717) is 17.7 Å². The lowest BCUT2D eigenvalue weighted by atomic mass is 9.77. The van der Waals surface area contributed by atoms with E-state index >= 15 is 0 Å². The maximum Gasteiger partial charge on any atom is 0.232 e. The normalized spacial score (nSPS) is 26.9. The molecule has 4 atom stereocenters. The van der Waals surface area contributed by atoms with Gasteiger partial charge >= 0.3 is 0 Å². The minimum Gasteiger partial charge on any atom is -0.471 e. The summed E-state index contributed by atoms with van der Waals surface area (Å²) in [6.45, 7) is 5.26. The standard InChI is InChI=1S/C22H26N6O/c1-16-25-7-8-28(16)20-9-18-14-27(13-17-3-2-4-23-11-17)15-19(18)10-21(20)29-22-12-24-5-6-26-22/h2-8,11-12,18-21H,9-10,13-15H2,1H3/t18-,19+,20-,21-/m0/s1. The Morgan fingerprint density at radius 2 is 1.86 bits per heavy atom. The molecule has 2 aliphatic rings. The Hall–Kier alpha value is -2.80. The van der Waals surface area contributed by atoms with Crippen LogP contribution in [0.1, 0.15) is 30.3 Å². The molecule has 1 aliphatic heterocycles. The van der Waals surface area contributed by atoms with Crippen LogP contribution in [-0.4, -0.2) is 48.6 Å². The van der Waals surface area contributed by atoms with Crippen molar-refractivity contribution >= 4 is 0 Å². The topological polar surface area (TPSA) is 69.0 Å². The zero-order chi connectivity index (χ0) is 19.6. The molecule has 3 aromatic rings. The van der Waals surface area contributed by atoms with Crippen molar-refractivity contribution in [2.75, 3.05) is 13.1 Å². The zero-order valence-corrected chi connectivity index (χ0v) is 16.6. The van der Waals surface area contributed by atoms with Crippen LogP contribution in [0.4, 0.5) is 0 Å². The number of hydrogen-bond donors (Lipinski definition) is 0. The smallest absolute Gasteiger partial charge is 0.232 e. The molecule has 29 heavy (non-hydrogen) atoms. The number of fused-ring (bicyclic) bond motifs is 1. The summed E-state index contributed by atoms with van der Waals surface area (Å²) in [4.78, 5) is 19.8. The van der Waals surface area contributed by atoms with Gasteiger partial charge in [0.05, 0.1) is 12.2 Å². The van der Waals surface area contributed by atoms with Gasteiger partial charge in [-0.25, -0.2) is 9.97 Å². The number of hydrogen-bond acceptors (Lipinski definition) is 6. The Labute approximate surface area is 170 Å². The van der Waals surface area contributed by atoms with E-state index in [-0.39, 0.29) is 12.1 Å². The minimum atomic E-state index is 0.0687. The summed E-state index contributed by atoms with van der Waals surface area (Å²) in [6.07, 6.45) is 15.0. The Bertz CT molecular complexity index is 931. The van der Waals surface area contributed by atoms with Crippen LogP contribution in [0.2, 0.25) is 0 Å². The van der Waals surface area contributed by atoms with E-state index < -0.39 is 0 Å². The molecule has 2 fully saturated rings. The fourth-order valence-electron chi connectivity index (χ4n) is 5.03. The number of pyridine rings is 1. The molecule has 1 aliphatic carbocycles. The van der Waals surface area contributed by atoms with Crippen LogP contribution >= 0.6 is 0 Å². The van der Waals surface area contributed by atoms with Gasteiger partial charge in [0.1, 0.15) is 11.9 Å². The SMILES string of the molecule is Cc1nccn1[C@H]1C[C@H]2CN(Cc3cccnc3)C[C@H]2C[C@@H]1Oc1cnccn1. The third kappa shape index (κ3) is 3.87. The van der Waals surface area contributed by atoms with Crippen molar-refractivity contribution in [1.82, 2.24) is 29.4 Å². The average molecular weight is 390 g/mol. The Morgan fingerprint density at radius 3 is 2.59 bits per heavy atom. The summed E-state index contributed by atoms with van der Waals surface area (Å²) in [6, 6.07) is 4.44. The van der Waals surface area contributed by atoms with Crippen molar-refractivity contribution in [1.29, 1.82) is 0 Å². The van der Waals surface area contributed by atoms with Crippen LogP contribution in [-0.2, 0) is 6.54 Å². The monoisotopic (exact) mass is 390 g/mol. The van der Waals surface area contributed by atoms with Gasteiger partial charge in [-0.1, -0.05) is 6.07 Å². The molecule has 3 aromatic heterocycles. The number of rotatable bonds is 5. The van der Waals surface area contributed by atoms with Crippen molar-refractivity contribution < 1.29 is 4.74 Å². The highest BCUT2D eigenvalue weighted by Gasteiger charge is 2.44. The molecule has 0 amide bonds. The number of aryl methyl sites for hydroxylation is 1. The molecule has 0 N–H and O–H groups in total. The van der Waals surface area contributed by atoms with Crippen molar-refractivity contribution in [3.8, 4) is 5.88 Å². The molecule has 150 valence electrons. The Morgan fingerprint density at radius 1 is 1.00 bits per heavy atom. The summed E-state index contributed by atoms with van der Waals surface area (Å²) in [7, 11) is 0. The first-order valence-corrected chi connectivity index (χ1v) is 10.3. The molecule has 1 saturated carbocycles. The fourth-order valence-corrected chi connectivity index (χ4v) is 5.03. The number of ether oxygens (including phenoxy) is 1. The molecule has 5 rings (SSSR count). The van der Waals surface area contributed by atoms with Crippen LogP contribution in [0.25, 0.3) is 0 Å². The molecule has 0 unspecified atom stereocenters. The summed E-state index contributed by atoms with van der Waals surface area (Å²) in [5.74, 6) is 2.93. The van der Waals surface area contributed by atoms with Gasteiger partial charge in [-0.2, -0.15) is 0 Å². The molecule has 0 aromatic carbocycles. The van der Waals surface area contributed by atoms with Gasteiger partial charge < -0.3 is 9.30 Å². The molecule has 1 saturated heterocycles. The summed E-state index contributed by atoms with van der Waals surface area (Å²) < 4.78 is 8.64.